The summed E-state index contributed by atoms with van der Waals surface area (Å²) in [6.45, 7) is 0. The molecule has 4 nitrogen and oxygen atoms in total. The van der Waals surface area contributed by atoms with Gasteiger partial charge in [-0.25, -0.2) is 0 Å². The molecule has 1 saturated heterocycles. The highest BCUT2D eigenvalue weighted by Gasteiger charge is 2.59. The lowest BCUT2D eigenvalue weighted by atomic mass is 9.69. The number of nitrogens with zero attached hydrogens (tertiary/aromatic N) is 1. The summed E-state index contributed by atoms with van der Waals surface area (Å²) in [4.78, 5) is 13.8. The standard InChI is InChI=1S/C15H19NO3/c1-19-12-7-5-11(6-8-12)16-14(18)13(17)15(16)9-3-2-4-10-15/h5-8,13,17H,2-4,9-10H2,1H3/t13-/m0/s1. The molecule has 3 rings (SSSR count). The molecule has 1 heterocycles. The van der Waals surface area contributed by atoms with Gasteiger partial charge in [0.1, 0.15) is 5.75 Å². The quantitative estimate of drug-likeness (QED) is 0.829. The molecule has 1 aromatic rings. The minimum Gasteiger partial charge on any atom is -0.497 e. The summed E-state index contributed by atoms with van der Waals surface area (Å²) >= 11 is 0. The molecule has 2 aliphatic rings. The van der Waals surface area contributed by atoms with E-state index in [2.05, 4.69) is 0 Å². The Labute approximate surface area is 113 Å². The van der Waals surface area contributed by atoms with Crippen LogP contribution in [0.15, 0.2) is 24.3 Å². The van der Waals surface area contributed by atoms with Gasteiger partial charge >= 0.3 is 0 Å². The Morgan fingerprint density at radius 3 is 2.42 bits per heavy atom. The highest BCUT2D eigenvalue weighted by atomic mass is 16.5. The van der Waals surface area contributed by atoms with E-state index in [1.165, 1.54) is 6.42 Å². The lowest BCUT2D eigenvalue weighted by molar-refractivity contribution is -0.146. The summed E-state index contributed by atoms with van der Waals surface area (Å²) in [7, 11) is 1.62. The lowest BCUT2D eigenvalue weighted by Crippen LogP contribution is -2.75. The normalized spacial score (nSPS) is 25.3. The maximum atomic E-state index is 12.0. The summed E-state index contributed by atoms with van der Waals surface area (Å²) in [5.74, 6) is 0.599. The molecule has 1 atom stereocenters. The van der Waals surface area contributed by atoms with Gasteiger partial charge in [0.25, 0.3) is 5.91 Å². The first-order chi connectivity index (χ1) is 9.19. The van der Waals surface area contributed by atoms with Crippen LogP contribution in [0.5, 0.6) is 5.75 Å². The first-order valence-corrected chi connectivity index (χ1v) is 6.85. The maximum absolute atomic E-state index is 12.0. The molecule has 19 heavy (non-hydrogen) atoms. The lowest BCUT2D eigenvalue weighted by Gasteiger charge is -2.57. The number of β-lactam (4-membered cyclic amide) rings is 1. The number of rotatable bonds is 2. The maximum Gasteiger partial charge on any atom is 0.258 e. The molecule has 0 aromatic heterocycles. The average molecular weight is 261 g/mol. The van der Waals surface area contributed by atoms with Gasteiger partial charge in [-0.2, -0.15) is 0 Å². The second-order valence-corrected chi connectivity index (χ2v) is 5.44. The van der Waals surface area contributed by atoms with Gasteiger partial charge in [-0.05, 0) is 37.1 Å². The molecule has 1 N–H and O–H groups in total. The van der Waals surface area contributed by atoms with Gasteiger partial charge in [-0.1, -0.05) is 19.3 Å². The summed E-state index contributed by atoms with van der Waals surface area (Å²) in [6, 6.07) is 7.48. The molecule has 2 fully saturated rings. The van der Waals surface area contributed by atoms with Gasteiger partial charge in [0.05, 0.1) is 12.6 Å². The van der Waals surface area contributed by atoms with E-state index in [-0.39, 0.29) is 11.4 Å². The van der Waals surface area contributed by atoms with E-state index in [0.29, 0.717) is 0 Å². The molecule has 0 bridgehead atoms. The van der Waals surface area contributed by atoms with Crippen LogP contribution >= 0.6 is 0 Å². The Hall–Kier alpha value is -1.55. The zero-order valence-corrected chi connectivity index (χ0v) is 11.1. The van der Waals surface area contributed by atoms with Crippen LogP contribution in [0, 0.1) is 0 Å². The van der Waals surface area contributed by atoms with Crippen LogP contribution in [0.4, 0.5) is 5.69 Å². The zero-order chi connectivity index (χ0) is 13.5. The SMILES string of the molecule is COc1ccc(N2C(=O)[C@H](O)C23CCCCC3)cc1. The minimum absolute atomic E-state index is 0.174. The molecule has 1 aromatic carbocycles. The molecule has 0 unspecified atom stereocenters. The van der Waals surface area contributed by atoms with Crippen LogP contribution in [0.1, 0.15) is 32.1 Å². The fraction of sp³-hybridized carbons (Fsp3) is 0.533. The topological polar surface area (TPSA) is 49.8 Å². The van der Waals surface area contributed by atoms with E-state index in [1.54, 1.807) is 12.0 Å². The Balaban J connectivity index is 1.91. The number of anilines is 1. The number of ether oxygens (including phenoxy) is 1. The zero-order valence-electron chi connectivity index (χ0n) is 11.1. The van der Waals surface area contributed by atoms with E-state index in [9.17, 15) is 9.90 Å². The predicted octanol–water partition coefficient (Wildman–Crippen LogP) is 2.11. The second kappa shape index (κ2) is 4.53. The van der Waals surface area contributed by atoms with E-state index in [1.807, 2.05) is 24.3 Å². The van der Waals surface area contributed by atoms with Crippen LogP contribution in [0.25, 0.3) is 0 Å². The third kappa shape index (κ3) is 1.74. The van der Waals surface area contributed by atoms with Crippen molar-refractivity contribution < 1.29 is 14.6 Å². The third-order valence-corrected chi connectivity index (χ3v) is 4.46. The molecule has 102 valence electrons. The van der Waals surface area contributed by atoms with Crippen molar-refractivity contribution in [1.82, 2.24) is 0 Å². The fourth-order valence-corrected chi connectivity index (χ4v) is 3.40. The minimum atomic E-state index is -0.824. The number of methoxy groups -OCH3 is 1. The van der Waals surface area contributed by atoms with Crippen molar-refractivity contribution >= 4 is 11.6 Å². The summed E-state index contributed by atoms with van der Waals surface area (Å²) in [5, 5.41) is 10.1. The van der Waals surface area contributed by atoms with E-state index >= 15 is 0 Å². The second-order valence-electron chi connectivity index (χ2n) is 5.44. The number of hydrogen-bond donors (Lipinski definition) is 1. The van der Waals surface area contributed by atoms with Crippen LogP contribution < -0.4 is 9.64 Å². The molecular formula is C15H19NO3. The highest BCUT2D eigenvalue weighted by molar-refractivity contribution is 6.06. The largest absolute Gasteiger partial charge is 0.497 e. The first-order valence-electron chi connectivity index (χ1n) is 6.85. The number of amides is 1. The Kier molecular flexibility index (Phi) is 2.97. The summed E-state index contributed by atoms with van der Waals surface area (Å²) in [6.07, 6.45) is 4.32. The number of aliphatic hydroxyl groups excluding tert-OH is 1. The van der Waals surface area contributed by atoms with Crippen molar-refractivity contribution in [2.24, 2.45) is 0 Å². The fourth-order valence-electron chi connectivity index (χ4n) is 3.40. The molecule has 1 aliphatic carbocycles. The van der Waals surface area contributed by atoms with Gasteiger partial charge in [-0.15, -0.1) is 0 Å². The Morgan fingerprint density at radius 2 is 1.84 bits per heavy atom. The van der Waals surface area contributed by atoms with Crippen molar-refractivity contribution in [3.63, 3.8) is 0 Å². The van der Waals surface area contributed by atoms with Gasteiger partial charge < -0.3 is 14.7 Å². The van der Waals surface area contributed by atoms with Crippen molar-refractivity contribution in [1.29, 1.82) is 0 Å². The number of carbonyl (C=O) groups excluding carboxylic acids is 1. The highest BCUT2D eigenvalue weighted by Crippen LogP contribution is 2.46. The van der Waals surface area contributed by atoms with Crippen LogP contribution in [-0.4, -0.2) is 29.8 Å². The van der Waals surface area contributed by atoms with E-state index < -0.39 is 6.10 Å². The third-order valence-electron chi connectivity index (χ3n) is 4.46. The molecule has 1 saturated carbocycles. The summed E-state index contributed by atoms with van der Waals surface area (Å²) in [5.41, 5.74) is 0.502. The first kappa shape index (κ1) is 12.5. The van der Waals surface area contributed by atoms with Gasteiger partial charge in [0.2, 0.25) is 0 Å². The molecular weight excluding hydrogens is 242 g/mol. The van der Waals surface area contributed by atoms with Gasteiger partial charge in [0.15, 0.2) is 6.10 Å². The van der Waals surface area contributed by atoms with Crippen molar-refractivity contribution in [2.45, 2.75) is 43.7 Å². The number of carbonyl (C=O) groups is 1. The predicted molar refractivity (Wildman–Crippen MR) is 72.3 cm³/mol. The Morgan fingerprint density at radius 1 is 1.21 bits per heavy atom. The van der Waals surface area contributed by atoms with E-state index in [0.717, 1.165) is 37.1 Å². The number of aliphatic hydroxyl groups is 1. The molecule has 1 aliphatic heterocycles. The molecule has 0 radical (unpaired) electrons. The van der Waals surface area contributed by atoms with Gasteiger partial charge in [-0.3, -0.25) is 4.79 Å². The summed E-state index contributed by atoms with van der Waals surface area (Å²) < 4.78 is 5.13. The number of hydrogen-bond acceptors (Lipinski definition) is 3. The average Bonchev–Trinajstić information content (AvgIpc) is 2.48. The van der Waals surface area contributed by atoms with E-state index in [4.69, 9.17) is 4.74 Å². The molecule has 1 spiro atoms. The van der Waals surface area contributed by atoms with Crippen molar-refractivity contribution in [3.8, 4) is 5.75 Å². The van der Waals surface area contributed by atoms with Crippen LogP contribution in [-0.2, 0) is 4.79 Å². The number of benzene rings is 1. The smallest absolute Gasteiger partial charge is 0.258 e. The van der Waals surface area contributed by atoms with Gasteiger partial charge in [0, 0.05) is 5.69 Å². The van der Waals surface area contributed by atoms with Crippen molar-refractivity contribution in [2.75, 3.05) is 12.0 Å². The molecule has 1 amide bonds. The van der Waals surface area contributed by atoms with Crippen LogP contribution in [0.2, 0.25) is 0 Å². The Bertz CT molecular complexity index is 477. The molecule has 4 heteroatoms. The van der Waals surface area contributed by atoms with Crippen LogP contribution in [0.3, 0.4) is 0 Å². The monoisotopic (exact) mass is 261 g/mol. The van der Waals surface area contributed by atoms with Crippen molar-refractivity contribution in [3.05, 3.63) is 24.3 Å².